The number of halogens is 1. The molecule has 0 radical (unpaired) electrons. The third-order valence-corrected chi connectivity index (χ3v) is 10.0. The van der Waals surface area contributed by atoms with E-state index in [4.69, 9.17) is 28.4 Å². The molecular weight excluding hydrogens is 720 g/mol. The average molecular weight is 764 g/mol. The summed E-state index contributed by atoms with van der Waals surface area (Å²) in [6.07, 6.45) is 3.01. The molecule has 1 unspecified atom stereocenters. The van der Waals surface area contributed by atoms with E-state index in [2.05, 4.69) is 45.3 Å². The minimum Gasteiger partial charge on any atom is -0.493 e. The Kier molecular flexibility index (Phi) is 10.6. The molecule has 51 heavy (non-hydrogen) atoms. The number of rotatable bonds is 9. The molecular formula is C39H43BrN2O9. The highest BCUT2D eigenvalue weighted by Crippen LogP contribution is 2.55. The first-order valence-corrected chi connectivity index (χ1v) is 17.7. The second kappa shape index (κ2) is 15.0. The Balaban J connectivity index is 1.14. The van der Waals surface area contributed by atoms with Gasteiger partial charge in [-0.2, -0.15) is 0 Å². The van der Waals surface area contributed by atoms with Gasteiger partial charge in [-0.3, -0.25) is 0 Å². The maximum absolute atomic E-state index is 13.8. The summed E-state index contributed by atoms with van der Waals surface area (Å²) < 4.78 is 35.2. The molecule has 0 saturated heterocycles. The number of methoxy groups -OCH3 is 1. The zero-order valence-corrected chi connectivity index (χ0v) is 31.0. The van der Waals surface area contributed by atoms with E-state index in [0.29, 0.717) is 17.7 Å². The van der Waals surface area contributed by atoms with Gasteiger partial charge in [-0.05, 0) is 82.3 Å². The lowest BCUT2D eigenvalue weighted by atomic mass is 9.69. The van der Waals surface area contributed by atoms with Crippen molar-refractivity contribution >= 4 is 34.1 Å². The molecule has 1 spiro atoms. The molecule has 270 valence electrons. The van der Waals surface area contributed by atoms with E-state index in [-0.39, 0.29) is 30.3 Å². The van der Waals surface area contributed by atoms with Gasteiger partial charge in [0.15, 0.2) is 11.5 Å². The van der Waals surface area contributed by atoms with Crippen molar-refractivity contribution in [2.75, 3.05) is 20.7 Å². The maximum Gasteiger partial charge on any atom is 0.514 e. The Labute approximate surface area is 306 Å². The minimum absolute atomic E-state index is 0.0437. The number of nitrogens with one attached hydrogen (secondary N) is 1. The van der Waals surface area contributed by atoms with Crippen LogP contribution in [0.2, 0.25) is 0 Å². The van der Waals surface area contributed by atoms with Crippen molar-refractivity contribution in [2.24, 2.45) is 0 Å². The van der Waals surface area contributed by atoms with Gasteiger partial charge in [0.2, 0.25) is 0 Å². The van der Waals surface area contributed by atoms with Crippen LogP contribution in [0, 0.1) is 0 Å². The normalized spacial score (nSPS) is 21.2. The van der Waals surface area contributed by atoms with Crippen LogP contribution in [0.4, 0.5) is 9.59 Å². The molecule has 3 aliphatic rings. The van der Waals surface area contributed by atoms with E-state index in [1.165, 1.54) is 5.56 Å². The number of hydrogen-bond donors (Lipinski definition) is 1. The molecule has 1 aliphatic carbocycles. The molecule has 0 bridgehead atoms. The van der Waals surface area contributed by atoms with Crippen molar-refractivity contribution in [2.45, 2.75) is 82.5 Å². The van der Waals surface area contributed by atoms with Crippen LogP contribution >= 0.6 is 15.9 Å². The third kappa shape index (κ3) is 8.34. The van der Waals surface area contributed by atoms with Crippen molar-refractivity contribution in [1.29, 1.82) is 0 Å². The fourth-order valence-electron chi connectivity index (χ4n) is 6.83. The van der Waals surface area contributed by atoms with E-state index in [1.54, 1.807) is 52.1 Å². The fourth-order valence-corrected chi connectivity index (χ4v) is 7.23. The monoisotopic (exact) mass is 762 g/mol. The summed E-state index contributed by atoms with van der Waals surface area (Å²) in [6.45, 7) is 6.96. The number of alkyl carbamates (subject to hydrolysis) is 1. The van der Waals surface area contributed by atoms with Gasteiger partial charge >= 0.3 is 18.2 Å². The second-order valence-corrected chi connectivity index (χ2v) is 15.0. The Morgan fingerprint density at radius 3 is 2.57 bits per heavy atom. The zero-order valence-electron chi connectivity index (χ0n) is 29.4. The number of carbonyl (C=O) groups is 3. The zero-order chi connectivity index (χ0) is 36.3. The lowest BCUT2D eigenvalue weighted by Crippen LogP contribution is -2.48. The molecule has 0 saturated carbocycles. The highest BCUT2D eigenvalue weighted by Gasteiger charge is 2.53. The van der Waals surface area contributed by atoms with E-state index in [1.807, 2.05) is 36.4 Å². The van der Waals surface area contributed by atoms with Crippen LogP contribution in [0.25, 0.3) is 0 Å². The average Bonchev–Trinajstić information content (AvgIpc) is 3.34. The number of carbonyl (C=O) groups excluding carboxylic acids is 3. The summed E-state index contributed by atoms with van der Waals surface area (Å²) in [4.78, 5) is 41.3. The molecule has 11 nitrogen and oxygen atoms in total. The molecule has 0 fully saturated rings. The van der Waals surface area contributed by atoms with Gasteiger partial charge in [0.05, 0.1) is 12.5 Å². The Morgan fingerprint density at radius 2 is 1.84 bits per heavy atom. The second-order valence-electron chi connectivity index (χ2n) is 14.1. The Hall–Kier alpha value is -4.55. The first-order chi connectivity index (χ1) is 24.3. The molecule has 4 atom stereocenters. The van der Waals surface area contributed by atoms with E-state index < -0.39 is 36.0 Å². The quantitative estimate of drug-likeness (QED) is 0.105. The van der Waals surface area contributed by atoms with Gasteiger partial charge in [-0.1, -0.05) is 58.4 Å². The number of nitrogens with zero attached hydrogens (tertiary/aromatic N) is 1. The van der Waals surface area contributed by atoms with E-state index in [0.717, 1.165) is 40.9 Å². The van der Waals surface area contributed by atoms with Gasteiger partial charge in [-0.15, -0.1) is 0 Å². The number of esters is 1. The van der Waals surface area contributed by atoms with Crippen molar-refractivity contribution in [1.82, 2.24) is 10.2 Å². The van der Waals surface area contributed by atoms with Crippen LogP contribution in [0.3, 0.4) is 0 Å². The number of benzene rings is 3. The minimum atomic E-state index is -1.06. The van der Waals surface area contributed by atoms with Crippen LogP contribution in [0.1, 0.15) is 55.9 Å². The van der Waals surface area contributed by atoms with Crippen molar-refractivity contribution in [3.8, 4) is 17.2 Å². The summed E-state index contributed by atoms with van der Waals surface area (Å²) >= 11 is 3.43. The van der Waals surface area contributed by atoms with Crippen LogP contribution < -0.4 is 19.5 Å². The number of hydrogen-bond acceptors (Lipinski definition) is 10. The highest BCUT2D eigenvalue weighted by atomic mass is 79.9. The summed E-state index contributed by atoms with van der Waals surface area (Å²) in [5.41, 5.74) is 2.70. The molecule has 6 rings (SSSR count). The van der Waals surface area contributed by atoms with Crippen LogP contribution in [0.15, 0.2) is 77.3 Å². The van der Waals surface area contributed by atoms with Crippen LogP contribution in [0.5, 0.6) is 17.2 Å². The topological polar surface area (TPSA) is 122 Å². The lowest BCUT2D eigenvalue weighted by Gasteiger charge is -2.37. The number of amides is 1. The summed E-state index contributed by atoms with van der Waals surface area (Å²) in [5.74, 6) is 1.08. The van der Waals surface area contributed by atoms with Crippen molar-refractivity contribution < 1.29 is 42.8 Å². The van der Waals surface area contributed by atoms with Crippen LogP contribution in [-0.4, -0.2) is 67.7 Å². The van der Waals surface area contributed by atoms with E-state index >= 15 is 0 Å². The molecule has 3 aromatic carbocycles. The van der Waals surface area contributed by atoms with Crippen molar-refractivity contribution in [3.63, 3.8) is 0 Å². The smallest absolute Gasteiger partial charge is 0.493 e. The van der Waals surface area contributed by atoms with Crippen LogP contribution in [-0.2, 0) is 44.0 Å². The molecule has 1 amide bonds. The van der Waals surface area contributed by atoms with Gasteiger partial charge in [0.25, 0.3) is 0 Å². The fraction of sp³-hybridized carbons (Fsp3) is 0.410. The molecule has 0 aromatic heterocycles. The largest absolute Gasteiger partial charge is 0.514 e. The standard InChI is InChI=1S/C39H43BrN2O9/c1-38(2,3)51-36(44)41-30(20-24-10-13-27(14-11-24)49-37(45)47-23-26-8-6-7-9-29(26)40)35(43)48-28-16-17-39-18-19-42(4)22-25-12-15-31(46-5)34(33(25)39)50-32(39)21-28/h6-17,28,30,32H,18-23H2,1-5H3,(H,41,44)/t28-,30-,32-,39?/m0/s1. The van der Waals surface area contributed by atoms with Crippen molar-refractivity contribution in [3.05, 3.63) is 99.5 Å². The van der Waals surface area contributed by atoms with Gasteiger partial charge in [0.1, 0.15) is 36.2 Å². The lowest BCUT2D eigenvalue weighted by molar-refractivity contribution is -0.151. The Bertz CT molecular complexity index is 1800. The summed E-state index contributed by atoms with van der Waals surface area (Å²) in [6, 6.07) is 17.0. The highest BCUT2D eigenvalue weighted by molar-refractivity contribution is 9.10. The third-order valence-electron chi connectivity index (χ3n) is 9.24. The first-order valence-electron chi connectivity index (χ1n) is 17.0. The Morgan fingerprint density at radius 1 is 1.08 bits per heavy atom. The summed E-state index contributed by atoms with van der Waals surface area (Å²) in [7, 11) is 3.75. The molecule has 1 N–H and O–H groups in total. The number of ether oxygens (including phenoxy) is 6. The SMILES string of the molecule is COc1ccc2c3c1O[C@H]1C[C@@H](OC(=O)[C@H](Cc4ccc(OC(=O)OCc5ccccc5Br)cc4)NC(=O)OC(C)(C)C)C=CC31CCN(C)C2. The van der Waals surface area contributed by atoms with Gasteiger partial charge in [0, 0.05) is 35.0 Å². The molecule has 2 aliphatic heterocycles. The molecule has 2 heterocycles. The maximum atomic E-state index is 13.8. The van der Waals surface area contributed by atoms with Gasteiger partial charge in [-0.25, -0.2) is 14.4 Å². The molecule has 3 aromatic rings. The predicted molar refractivity (Wildman–Crippen MR) is 192 cm³/mol. The predicted octanol–water partition coefficient (Wildman–Crippen LogP) is 7.02. The van der Waals surface area contributed by atoms with E-state index in [9.17, 15) is 14.4 Å². The molecule has 12 heteroatoms. The van der Waals surface area contributed by atoms with Gasteiger partial charge < -0.3 is 38.6 Å². The summed E-state index contributed by atoms with van der Waals surface area (Å²) in [5, 5.41) is 2.70. The first kappa shape index (κ1) is 36.2.